The second kappa shape index (κ2) is 19.1. The van der Waals surface area contributed by atoms with E-state index in [4.69, 9.17) is 15.9 Å². The number of aromatic nitrogens is 4. The molecule has 5 aromatic rings. The summed E-state index contributed by atoms with van der Waals surface area (Å²) >= 11 is -5.30. The summed E-state index contributed by atoms with van der Waals surface area (Å²) in [6, 6.07) is 11.2. The monoisotopic (exact) mass is 1130 g/mol. The fourth-order valence-electron chi connectivity index (χ4n) is 11.2. The van der Waals surface area contributed by atoms with Crippen LogP contribution in [0.4, 0.5) is 0 Å². The van der Waals surface area contributed by atoms with Crippen molar-refractivity contribution in [1.29, 1.82) is 0 Å². The van der Waals surface area contributed by atoms with Gasteiger partial charge in [-0.2, -0.15) is 0 Å². The molecule has 314 valence electrons. The van der Waals surface area contributed by atoms with Crippen LogP contribution in [0.25, 0.3) is 44.3 Å². The van der Waals surface area contributed by atoms with Gasteiger partial charge in [-0.05, 0) is 0 Å². The van der Waals surface area contributed by atoms with Gasteiger partial charge >= 0.3 is 377 Å². The molecule has 4 nitrogen and oxygen atoms in total. The molecule has 7 rings (SSSR count). The second-order valence-electron chi connectivity index (χ2n) is 20.5. The van der Waals surface area contributed by atoms with Crippen LogP contribution in [0, 0.1) is 0 Å². The average molecular weight is 1130 g/mol. The topological polar surface area (TPSA) is 51.6 Å². The fourth-order valence-corrected chi connectivity index (χ4v) is 22.9. The molecule has 0 N–H and O–H groups in total. The van der Waals surface area contributed by atoms with Gasteiger partial charge in [-0.15, -0.1) is 0 Å². The van der Waals surface area contributed by atoms with Crippen molar-refractivity contribution in [1.82, 2.24) is 15.9 Å². The normalized spacial score (nSPS) is 15.3. The fraction of sp³-hybridized carbons (Fsp3) is 0.640. The summed E-state index contributed by atoms with van der Waals surface area (Å²) in [4.78, 5) is 15.6. The number of nitrogens with zero attached hydrogens (tertiary/aromatic N) is 4. The summed E-state index contributed by atoms with van der Waals surface area (Å²) in [6.45, 7) is 9.46. The zero-order chi connectivity index (χ0) is 41.3. The zero-order valence-corrected chi connectivity index (χ0v) is 47.2. The van der Waals surface area contributed by atoms with Crippen molar-refractivity contribution in [3.8, 4) is 22.3 Å². The number of rotatable bonds is 22. The van der Waals surface area contributed by atoms with Crippen LogP contribution in [-0.4, -0.2) is 82.6 Å². The summed E-state index contributed by atoms with van der Waals surface area (Å²) in [6.07, 6.45) is 25.8. The van der Waals surface area contributed by atoms with Crippen LogP contribution in [0.3, 0.4) is 0 Å². The average Bonchev–Trinajstić information content (AvgIpc) is 3.97. The first-order valence-corrected chi connectivity index (χ1v) is 46.7. The molecule has 0 fully saturated rings. The molecule has 2 aliphatic carbocycles. The molecular weight excluding hydrogens is 1050 g/mol. The first kappa shape index (κ1) is 45.5. The van der Waals surface area contributed by atoms with Crippen LogP contribution < -0.4 is 7.16 Å². The number of hydrogen-bond donors (Lipinski definition) is 0. The van der Waals surface area contributed by atoms with Crippen molar-refractivity contribution in [2.75, 3.05) is 0 Å². The van der Waals surface area contributed by atoms with E-state index in [-0.39, 0.29) is 40.8 Å². The molecule has 2 aliphatic rings. The Kier molecular flexibility index (Phi) is 15.0. The molecule has 0 amide bonds. The molecule has 0 bridgehead atoms. The number of hydrogen-bond acceptors (Lipinski definition) is 4. The zero-order valence-electron chi connectivity index (χ0n) is 38.1. The van der Waals surface area contributed by atoms with Crippen LogP contribution >= 0.6 is 0 Å². The third-order valence-corrected chi connectivity index (χ3v) is 27.9. The van der Waals surface area contributed by atoms with Crippen LogP contribution in [0.2, 0.25) is 29.6 Å². The Hall–Kier alpha value is -0.504. The minimum atomic E-state index is -2.59. The maximum atomic E-state index is 5.44. The van der Waals surface area contributed by atoms with Crippen molar-refractivity contribution < 1.29 is 0 Å². The number of benzene rings is 3. The van der Waals surface area contributed by atoms with Crippen molar-refractivity contribution in [3.63, 3.8) is 0 Å². The predicted molar refractivity (Wildman–Crippen MR) is 260 cm³/mol. The molecule has 3 aromatic carbocycles. The van der Waals surface area contributed by atoms with E-state index < -0.39 is 36.8 Å². The Labute approximate surface area is 373 Å². The van der Waals surface area contributed by atoms with E-state index in [2.05, 4.69) is 81.6 Å². The van der Waals surface area contributed by atoms with Crippen molar-refractivity contribution in [3.05, 3.63) is 46.5 Å². The van der Waals surface area contributed by atoms with Gasteiger partial charge in [-0.1, -0.05) is 0 Å². The van der Waals surface area contributed by atoms with Crippen molar-refractivity contribution in [2.24, 2.45) is 0 Å². The van der Waals surface area contributed by atoms with Gasteiger partial charge in [0.15, 0.2) is 0 Å². The molecule has 8 heteroatoms. The van der Waals surface area contributed by atoms with Crippen LogP contribution in [0.15, 0.2) is 24.3 Å². The standard InChI is InChI=1S/C44H56N4Se2.6CH3.2Sn/c1-5-9-13-17-25-43(26-18-14-10-6-2)33-21-23-37-41(47-49-45-37)39(33)31-30-36-32(29-35(31)43)40-34(22-24-38-42(40)48-50-46-38)44(36,27-19-15-11-7-3)28-20-16-12-8-4;;;;;;;;/h21-22,29-30H,5-20,25-28H2,1-4H3;6*1H3;;. The first-order chi connectivity index (χ1) is 27.9. The maximum absolute atomic E-state index is 5.44. The minimum absolute atomic E-state index is 0.0112. The van der Waals surface area contributed by atoms with Gasteiger partial charge in [-0.3, -0.25) is 0 Å². The Balaban J connectivity index is 1.57. The Morgan fingerprint density at radius 2 is 0.707 bits per heavy atom. The van der Waals surface area contributed by atoms with Gasteiger partial charge in [-0.25, -0.2) is 0 Å². The summed E-state index contributed by atoms with van der Waals surface area (Å²) in [5, 5.41) is 0. The Morgan fingerprint density at radius 3 is 1.00 bits per heavy atom. The van der Waals surface area contributed by atoms with Crippen LogP contribution in [0.5, 0.6) is 0 Å². The SMILES string of the molecule is CCCCCCC1(CCCCCC)c2cc3c(cc2-c2c1c[c]([Sn]([CH3])([CH3])[CH3])c1n[se]nc21)C(CCCCCC)(CCCCCC)c1c[c]([Sn]([CH3])([CH3])[CH3])c2n[se]nc2c1-3. The third-order valence-electron chi connectivity index (χ3n) is 14.3. The molecule has 58 heavy (non-hydrogen) atoms. The van der Waals surface area contributed by atoms with E-state index in [1.165, 1.54) is 173 Å². The molecule has 0 aliphatic heterocycles. The molecule has 0 saturated carbocycles. The number of unbranched alkanes of at least 4 members (excludes halogenated alkanes) is 12. The van der Waals surface area contributed by atoms with E-state index >= 15 is 0 Å². The Bertz CT molecular complexity index is 2020. The van der Waals surface area contributed by atoms with Gasteiger partial charge in [0, 0.05) is 0 Å². The van der Waals surface area contributed by atoms with Crippen molar-refractivity contribution >= 4 is 95.9 Å². The molecule has 0 atom stereocenters. The van der Waals surface area contributed by atoms with Crippen LogP contribution in [0.1, 0.15) is 178 Å². The van der Waals surface area contributed by atoms with E-state index in [1.807, 2.05) is 0 Å². The molecule has 0 saturated heterocycles. The molecule has 0 spiro atoms. The summed E-state index contributed by atoms with van der Waals surface area (Å²) in [5.41, 5.74) is 17.7. The second-order valence-corrected chi connectivity index (χ2v) is 51.4. The molecule has 0 radical (unpaired) electrons. The van der Waals surface area contributed by atoms with Gasteiger partial charge in [0.2, 0.25) is 0 Å². The van der Waals surface area contributed by atoms with E-state index in [9.17, 15) is 0 Å². The van der Waals surface area contributed by atoms with Gasteiger partial charge in [0.05, 0.1) is 0 Å². The summed E-state index contributed by atoms with van der Waals surface area (Å²) < 4.78 is 24.7. The first-order valence-electron chi connectivity index (χ1n) is 23.7. The molecule has 2 heterocycles. The van der Waals surface area contributed by atoms with Crippen LogP contribution in [-0.2, 0) is 10.8 Å². The van der Waals surface area contributed by atoms with Gasteiger partial charge in [0.25, 0.3) is 0 Å². The Morgan fingerprint density at radius 1 is 0.397 bits per heavy atom. The summed E-state index contributed by atoms with van der Waals surface area (Å²) in [7, 11) is 0. The predicted octanol–water partition coefficient (Wildman–Crippen LogP) is 13.2. The van der Waals surface area contributed by atoms with E-state index in [1.54, 1.807) is 29.4 Å². The van der Waals surface area contributed by atoms with Gasteiger partial charge < -0.3 is 0 Å². The summed E-state index contributed by atoms with van der Waals surface area (Å²) in [5.74, 6) is 0. The number of fused-ring (bicyclic) bond motifs is 10. The molecular formula is C50H74N4Se2Sn2. The quantitative estimate of drug-likeness (QED) is 0.0512. The van der Waals surface area contributed by atoms with E-state index in [0.717, 1.165) is 0 Å². The van der Waals surface area contributed by atoms with E-state index in [0.29, 0.717) is 0 Å². The molecule has 0 unspecified atom stereocenters. The van der Waals surface area contributed by atoms with Gasteiger partial charge in [0.1, 0.15) is 0 Å². The molecule has 2 aromatic heterocycles. The third kappa shape index (κ3) is 8.47. The van der Waals surface area contributed by atoms with Crippen molar-refractivity contribution in [2.45, 2.75) is 197 Å².